The third-order valence-electron chi connectivity index (χ3n) is 3.20. The molecule has 2 N–H and O–H groups in total. The summed E-state index contributed by atoms with van der Waals surface area (Å²) in [4.78, 5) is 23.5. The number of nitrogens with one attached hydrogen (secondary N) is 2. The molecule has 0 spiro atoms. The number of hydrogen-bond donors (Lipinski definition) is 2. The Morgan fingerprint density at radius 1 is 1.35 bits per heavy atom. The minimum absolute atomic E-state index is 0.194. The highest BCUT2D eigenvalue weighted by molar-refractivity contribution is 6.34. The predicted octanol–water partition coefficient (Wildman–Crippen LogP) is 3.55. The zero-order valence-corrected chi connectivity index (χ0v) is 13.5. The van der Waals surface area contributed by atoms with Crippen molar-refractivity contribution in [1.29, 1.82) is 0 Å². The number of benzene rings is 1. The van der Waals surface area contributed by atoms with Gasteiger partial charge in [0.05, 0.1) is 24.1 Å². The van der Waals surface area contributed by atoms with Crippen LogP contribution in [0, 0.1) is 0 Å². The van der Waals surface area contributed by atoms with E-state index in [0.717, 1.165) is 0 Å². The number of carbonyl (C=O) groups excluding carboxylic acids is 2. The van der Waals surface area contributed by atoms with Gasteiger partial charge >= 0.3 is 5.97 Å². The maximum absolute atomic E-state index is 11.9. The standard InChI is InChI=1S/C16H17ClN2O4/c1-3-12(16(21)22-2)18-10-6-7-13(11(17)9-10)19-15(20)14-5-4-8-23-14/h4-9,12,18H,3H2,1-2H3,(H,19,20)/t12-/m0/s1. The summed E-state index contributed by atoms with van der Waals surface area (Å²) in [5.74, 6) is -0.544. The van der Waals surface area contributed by atoms with Crippen molar-refractivity contribution in [3.63, 3.8) is 0 Å². The van der Waals surface area contributed by atoms with Crippen LogP contribution in [0.1, 0.15) is 23.9 Å². The molecule has 0 radical (unpaired) electrons. The number of carbonyl (C=O) groups is 2. The third-order valence-corrected chi connectivity index (χ3v) is 3.51. The van der Waals surface area contributed by atoms with E-state index in [2.05, 4.69) is 10.6 Å². The highest BCUT2D eigenvalue weighted by Crippen LogP contribution is 2.26. The molecule has 2 rings (SSSR count). The van der Waals surface area contributed by atoms with Crippen LogP contribution in [0.3, 0.4) is 0 Å². The molecule has 1 amide bonds. The molecule has 0 fully saturated rings. The number of halogens is 1. The van der Waals surface area contributed by atoms with Gasteiger partial charge in [0.25, 0.3) is 5.91 Å². The zero-order valence-electron chi connectivity index (χ0n) is 12.8. The lowest BCUT2D eigenvalue weighted by molar-refractivity contribution is -0.141. The van der Waals surface area contributed by atoms with Crippen LogP contribution < -0.4 is 10.6 Å². The van der Waals surface area contributed by atoms with Crippen molar-refractivity contribution in [2.24, 2.45) is 0 Å². The first-order valence-corrected chi connectivity index (χ1v) is 7.41. The van der Waals surface area contributed by atoms with Gasteiger partial charge in [-0.25, -0.2) is 4.79 Å². The molecule has 0 unspecified atom stereocenters. The van der Waals surface area contributed by atoms with Crippen LogP contribution in [0.2, 0.25) is 5.02 Å². The summed E-state index contributed by atoms with van der Waals surface area (Å²) in [6, 6.07) is 7.72. The SMILES string of the molecule is CC[C@H](Nc1ccc(NC(=O)c2ccco2)c(Cl)c1)C(=O)OC. The molecule has 0 saturated heterocycles. The lowest BCUT2D eigenvalue weighted by Gasteiger charge is -2.16. The van der Waals surface area contributed by atoms with E-state index in [1.54, 1.807) is 30.3 Å². The highest BCUT2D eigenvalue weighted by atomic mass is 35.5. The van der Waals surface area contributed by atoms with Crippen LogP contribution in [-0.4, -0.2) is 25.0 Å². The quantitative estimate of drug-likeness (QED) is 0.788. The Morgan fingerprint density at radius 2 is 2.13 bits per heavy atom. The van der Waals surface area contributed by atoms with Crippen molar-refractivity contribution in [3.05, 3.63) is 47.4 Å². The van der Waals surface area contributed by atoms with E-state index < -0.39 is 11.9 Å². The first kappa shape index (κ1) is 16.9. The fourth-order valence-corrected chi connectivity index (χ4v) is 2.20. The second kappa shape index (κ2) is 7.69. The molecule has 1 aromatic carbocycles. The molecule has 6 nitrogen and oxygen atoms in total. The van der Waals surface area contributed by atoms with Crippen molar-refractivity contribution in [2.45, 2.75) is 19.4 Å². The molecule has 23 heavy (non-hydrogen) atoms. The molecule has 122 valence electrons. The zero-order chi connectivity index (χ0) is 16.8. The van der Waals surface area contributed by atoms with Gasteiger partial charge in [0.2, 0.25) is 0 Å². The molecule has 1 atom stereocenters. The van der Waals surface area contributed by atoms with E-state index in [1.807, 2.05) is 6.92 Å². The number of amides is 1. The second-order valence-electron chi connectivity index (χ2n) is 4.75. The smallest absolute Gasteiger partial charge is 0.328 e. The Morgan fingerprint density at radius 3 is 2.70 bits per heavy atom. The van der Waals surface area contributed by atoms with Crippen LogP contribution in [0.25, 0.3) is 0 Å². The summed E-state index contributed by atoms with van der Waals surface area (Å²) >= 11 is 6.17. The Balaban J connectivity index is 2.08. The summed E-state index contributed by atoms with van der Waals surface area (Å²) in [7, 11) is 1.34. The van der Waals surface area contributed by atoms with Crippen molar-refractivity contribution in [1.82, 2.24) is 0 Å². The summed E-state index contributed by atoms with van der Waals surface area (Å²) < 4.78 is 9.74. The Kier molecular flexibility index (Phi) is 5.65. The highest BCUT2D eigenvalue weighted by Gasteiger charge is 2.17. The minimum Gasteiger partial charge on any atom is -0.467 e. The average molecular weight is 337 g/mol. The summed E-state index contributed by atoms with van der Waals surface area (Å²) in [6.07, 6.45) is 1.99. The van der Waals surface area contributed by atoms with Gasteiger partial charge in [0.1, 0.15) is 6.04 Å². The van der Waals surface area contributed by atoms with E-state index in [4.69, 9.17) is 20.8 Å². The van der Waals surface area contributed by atoms with Gasteiger partial charge in [-0.3, -0.25) is 4.79 Å². The van der Waals surface area contributed by atoms with Crippen LogP contribution in [0.4, 0.5) is 11.4 Å². The molecule has 7 heteroatoms. The molecule has 1 heterocycles. The Hall–Kier alpha value is -2.47. The number of anilines is 2. The number of hydrogen-bond acceptors (Lipinski definition) is 5. The molecule has 0 aliphatic heterocycles. The number of furan rings is 1. The van der Waals surface area contributed by atoms with Gasteiger partial charge in [0, 0.05) is 5.69 Å². The molecule has 0 bridgehead atoms. The fourth-order valence-electron chi connectivity index (χ4n) is 1.97. The second-order valence-corrected chi connectivity index (χ2v) is 5.16. The lowest BCUT2D eigenvalue weighted by atomic mass is 10.2. The van der Waals surface area contributed by atoms with Gasteiger partial charge in [-0.15, -0.1) is 0 Å². The number of methoxy groups -OCH3 is 1. The predicted molar refractivity (Wildman–Crippen MR) is 87.8 cm³/mol. The minimum atomic E-state index is -0.459. The van der Waals surface area contributed by atoms with E-state index in [-0.39, 0.29) is 11.7 Å². The van der Waals surface area contributed by atoms with E-state index in [9.17, 15) is 9.59 Å². The van der Waals surface area contributed by atoms with Crippen molar-refractivity contribution >= 4 is 34.9 Å². The van der Waals surface area contributed by atoms with Gasteiger partial charge in [-0.1, -0.05) is 18.5 Å². The van der Waals surface area contributed by atoms with Crippen molar-refractivity contribution in [2.75, 3.05) is 17.7 Å². The van der Waals surface area contributed by atoms with Crippen molar-refractivity contribution in [3.8, 4) is 0 Å². The molecule has 0 saturated carbocycles. The van der Waals surface area contributed by atoms with E-state index in [1.165, 1.54) is 13.4 Å². The van der Waals surface area contributed by atoms with Gasteiger partial charge < -0.3 is 19.8 Å². The largest absolute Gasteiger partial charge is 0.467 e. The van der Waals surface area contributed by atoms with Crippen molar-refractivity contribution < 1.29 is 18.7 Å². The van der Waals surface area contributed by atoms with E-state index in [0.29, 0.717) is 22.8 Å². The molecule has 0 aliphatic rings. The summed E-state index contributed by atoms with van der Waals surface area (Å²) in [5.41, 5.74) is 1.10. The monoisotopic (exact) mass is 336 g/mol. The van der Waals surface area contributed by atoms with Crippen LogP contribution >= 0.6 is 11.6 Å². The molecule has 2 aromatic rings. The Labute approximate surface area is 138 Å². The van der Waals surface area contributed by atoms with E-state index >= 15 is 0 Å². The molecule has 1 aromatic heterocycles. The summed E-state index contributed by atoms with van der Waals surface area (Å²) in [6.45, 7) is 1.87. The maximum atomic E-state index is 11.9. The fraction of sp³-hybridized carbons (Fsp3) is 0.250. The topological polar surface area (TPSA) is 80.6 Å². The Bertz CT molecular complexity index is 685. The number of rotatable bonds is 6. The molecule has 0 aliphatic carbocycles. The third kappa shape index (κ3) is 4.26. The van der Waals surface area contributed by atoms with Crippen LogP contribution in [0.15, 0.2) is 41.0 Å². The summed E-state index contributed by atoms with van der Waals surface area (Å²) in [5, 5.41) is 6.04. The normalized spacial score (nSPS) is 11.6. The number of ether oxygens (including phenoxy) is 1. The average Bonchev–Trinajstić information content (AvgIpc) is 3.08. The number of esters is 1. The molecular weight excluding hydrogens is 320 g/mol. The lowest BCUT2D eigenvalue weighted by Crippen LogP contribution is -2.29. The maximum Gasteiger partial charge on any atom is 0.328 e. The van der Waals surface area contributed by atoms with Gasteiger partial charge in [-0.05, 0) is 36.8 Å². The first-order chi connectivity index (χ1) is 11.0. The van der Waals surface area contributed by atoms with Gasteiger partial charge in [-0.2, -0.15) is 0 Å². The van der Waals surface area contributed by atoms with Crippen LogP contribution in [-0.2, 0) is 9.53 Å². The van der Waals surface area contributed by atoms with Crippen LogP contribution in [0.5, 0.6) is 0 Å². The molecular formula is C16H17ClN2O4. The first-order valence-electron chi connectivity index (χ1n) is 7.04. The van der Waals surface area contributed by atoms with Gasteiger partial charge in [0.15, 0.2) is 5.76 Å².